The SMILES string of the molecule is O=c1c2ccccc2oc2cccc(-c3cccc([N+](=O)[O-])c3)c12. The van der Waals surface area contributed by atoms with E-state index in [1.165, 1.54) is 12.1 Å². The maximum Gasteiger partial charge on any atom is 0.270 e. The molecule has 0 amide bonds. The standard InChI is InChI=1S/C19H11NO4/c21-19-15-7-1-2-9-16(15)24-17-10-4-8-14(18(17)19)12-5-3-6-13(11-12)20(22)23/h1-11H. The smallest absolute Gasteiger partial charge is 0.270 e. The Kier molecular flexibility index (Phi) is 3.13. The van der Waals surface area contributed by atoms with Crippen LogP contribution in [0.25, 0.3) is 33.1 Å². The number of hydrogen-bond donors (Lipinski definition) is 0. The van der Waals surface area contributed by atoms with Gasteiger partial charge in [-0.05, 0) is 29.3 Å². The maximum atomic E-state index is 12.9. The fraction of sp³-hybridized carbons (Fsp3) is 0. The van der Waals surface area contributed by atoms with Crippen LogP contribution in [0.3, 0.4) is 0 Å². The molecule has 0 fully saturated rings. The molecule has 0 aliphatic carbocycles. The van der Waals surface area contributed by atoms with Crippen molar-refractivity contribution in [2.24, 2.45) is 0 Å². The molecule has 0 unspecified atom stereocenters. The molecule has 0 N–H and O–H groups in total. The molecule has 5 nitrogen and oxygen atoms in total. The number of non-ortho nitro benzene ring substituents is 1. The Morgan fingerprint density at radius 2 is 1.62 bits per heavy atom. The van der Waals surface area contributed by atoms with Crippen molar-refractivity contribution in [2.75, 3.05) is 0 Å². The third-order valence-corrected chi connectivity index (χ3v) is 3.97. The number of hydrogen-bond acceptors (Lipinski definition) is 4. The van der Waals surface area contributed by atoms with E-state index in [1.807, 2.05) is 6.07 Å². The van der Waals surface area contributed by atoms with Gasteiger partial charge in [-0.2, -0.15) is 0 Å². The third-order valence-electron chi connectivity index (χ3n) is 3.97. The second-order valence-corrected chi connectivity index (χ2v) is 5.41. The topological polar surface area (TPSA) is 73.3 Å². The summed E-state index contributed by atoms with van der Waals surface area (Å²) in [5, 5.41) is 11.9. The summed E-state index contributed by atoms with van der Waals surface area (Å²) in [6.45, 7) is 0. The Labute approximate surface area is 135 Å². The molecule has 0 bridgehead atoms. The van der Waals surface area contributed by atoms with Crippen molar-refractivity contribution in [3.8, 4) is 11.1 Å². The maximum absolute atomic E-state index is 12.9. The fourth-order valence-corrected chi connectivity index (χ4v) is 2.87. The van der Waals surface area contributed by atoms with Gasteiger partial charge in [0.15, 0.2) is 0 Å². The highest BCUT2D eigenvalue weighted by molar-refractivity contribution is 5.99. The van der Waals surface area contributed by atoms with Gasteiger partial charge >= 0.3 is 0 Å². The molecule has 1 heterocycles. The summed E-state index contributed by atoms with van der Waals surface area (Å²) in [5.74, 6) is 0. The van der Waals surface area contributed by atoms with Gasteiger partial charge < -0.3 is 4.42 Å². The van der Waals surface area contributed by atoms with Crippen molar-refractivity contribution < 1.29 is 9.34 Å². The molecule has 0 atom stereocenters. The molecule has 5 heteroatoms. The van der Waals surface area contributed by atoms with E-state index in [0.29, 0.717) is 33.1 Å². The molecule has 116 valence electrons. The van der Waals surface area contributed by atoms with E-state index in [4.69, 9.17) is 4.42 Å². The second-order valence-electron chi connectivity index (χ2n) is 5.41. The predicted molar refractivity (Wildman–Crippen MR) is 92.1 cm³/mol. The van der Waals surface area contributed by atoms with Gasteiger partial charge in [-0.1, -0.05) is 36.4 Å². The molecule has 0 aliphatic rings. The molecule has 4 rings (SSSR count). The lowest BCUT2D eigenvalue weighted by atomic mass is 9.99. The van der Waals surface area contributed by atoms with Gasteiger partial charge in [0, 0.05) is 12.1 Å². The van der Waals surface area contributed by atoms with Crippen LogP contribution in [0.4, 0.5) is 5.69 Å². The van der Waals surface area contributed by atoms with Gasteiger partial charge in [0.05, 0.1) is 15.7 Å². The molecule has 0 radical (unpaired) electrons. The van der Waals surface area contributed by atoms with E-state index in [0.717, 1.165) is 0 Å². The molecule has 4 aromatic rings. The summed E-state index contributed by atoms with van der Waals surface area (Å²) in [4.78, 5) is 23.5. The highest BCUT2D eigenvalue weighted by Crippen LogP contribution is 2.30. The lowest BCUT2D eigenvalue weighted by Gasteiger charge is -2.07. The summed E-state index contributed by atoms with van der Waals surface area (Å²) in [7, 11) is 0. The number of benzene rings is 3. The molecule has 0 saturated heterocycles. The molecule has 0 aliphatic heterocycles. The van der Waals surface area contributed by atoms with E-state index in [1.54, 1.807) is 48.5 Å². The van der Waals surface area contributed by atoms with Crippen molar-refractivity contribution in [3.63, 3.8) is 0 Å². The van der Waals surface area contributed by atoms with Crippen molar-refractivity contribution in [1.29, 1.82) is 0 Å². The molecule has 0 saturated carbocycles. The Morgan fingerprint density at radius 1 is 0.875 bits per heavy atom. The number of nitro benzene ring substituents is 1. The van der Waals surface area contributed by atoms with Crippen molar-refractivity contribution in [2.45, 2.75) is 0 Å². The van der Waals surface area contributed by atoms with Crippen LogP contribution in [0.5, 0.6) is 0 Å². The lowest BCUT2D eigenvalue weighted by molar-refractivity contribution is -0.384. The molecular weight excluding hydrogens is 306 g/mol. The van der Waals surface area contributed by atoms with E-state index in [-0.39, 0.29) is 11.1 Å². The summed E-state index contributed by atoms with van der Waals surface area (Å²) < 4.78 is 5.83. The average molecular weight is 317 g/mol. The number of rotatable bonds is 2. The largest absolute Gasteiger partial charge is 0.456 e. The Balaban J connectivity index is 2.10. The predicted octanol–water partition coefficient (Wildman–Crippen LogP) is 4.52. The third kappa shape index (κ3) is 2.14. The van der Waals surface area contributed by atoms with Crippen molar-refractivity contribution in [3.05, 3.63) is 87.1 Å². The Bertz CT molecular complexity index is 1160. The minimum Gasteiger partial charge on any atom is -0.456 e. The zero-order chi connectivity index (χ0) is 16.7. The van der Waals surface area contributed by atoms with Crippen LogP contribution in [-0.4, -0.2) is 4.92 Å². The van der Waals surface area contributed by atoms with Crippen LogP contribution in [-0.2, 0) is 0 Å². The summed E-state index contributed by atoms with van der Waals surface area (Å²) in [5.41, 5.74) is 2.05. The van der Waals surface area contributed by atoms with Gasteiger partial charge in [0.2, 0.25) is 5.43 Å². The molecular formula is C19H11NO4. The lowest BCUT2D eigenvalue weighted by Crippen LogP contribution is -2.03. The first-order valence-electron chi connectivity index (χ1n) is 7.34. The van der Waals surface area contributed by atoms with Crippen LogP contribution in [0.2, 0.25) is 0 Å². The van der Waals surface area contributed by atoms with Crippen LogP contribution < -0.4 is 5.43 Å². The Hall–Kier alpha value is -3.47. The highest BCUT2D eigenvalue weighted by atomic mass is 16.6. The number of nitro groups is 1. The first-order valence-corrected chi connectivity index (χ1v) is 7.34. The minimum atomic E-state index is -0.452. The van der Waals surface area contributed by atoms with Crippen LogP contribution in [0, 0.1) is 10.1 Å². The van der Waals surface area contributed by atoms with Gasteiger partial charge in [-0.3, -0.25) is 14.9 Å². The van der Waals surface area contributed by atoms with Crippen LogP contribution >= 0.6 is 0 Å². The van der Waals surface area contributed by atoms with E-state index in [9.17, 15) is 14.9 Å². The second kappa shape index (κ2) is 5.31. The van der Waals surface area contributed by atoms with Crippen LogP contribution in [0.1, 0.15) is 0 Å². The van der Waals surface area contributed by atoms with Crippen molar-refractivity contribution >= 4 is 27.6 Å². The normalized spacial score (nSPS) is 11.0. The number of fused-ring (bicyclic) bond motifs is 2. The van der Waals surface area contributed by atoms with Crippen LogP contribution in [0.15, 0.2) is 75.9 Å². The minimum absolute atomic E-state index is 0.0188. The average Bonchev–Trinajstić information content (AvgIpc) is 2.61. The summed E-state index contributed by atoms with van der Waals surface area (Å²) in [6, 6.07) is 18.6. The molecule has 1 aromatic heterocycles. The first kappa shape index (κ1) is 14.1. The fourth-order valence-electron chi connectivity index (χ4n) is 2.87. The summed E-state index contributed by atoms with van der Waals surface area (Å²) in [6.07, 6.45) is 0. The Morgan fingerprint density at radius 3 is 2.46 bits per heavy atom. The van der Waals surface area contributed by atoms with E-state index >= 15 is 0 Å². The quantitative estimate of drug-likeness (QED) is 0.309. The van der Waals surface area contributed by atoms with Crippen molar-refractivity contribution in [1.82, 2.24) is 0 Å². The zero-order valence-corrected chi connectivity index (χ0v) is 12.4. The van der Waals surface area contributed by atoms with Gasteiger partial charge in [0.1, 0.15) is 11.2 Å². The van der Waals surface area contributed by atoms with Gasteiger partial charge in [-0.25, -0.2) is 0 Å². The van der Waals surface area contributed by atoms with E-state index < -0.39 is 4.92 Å². The number of nitrogens with zero attached hydrogens (tertiary/aromatic N) is 1. The van der Waals surface area contributed by atoms with Gasteiger partial charge in [0.25, 0.3) is 5.69 Å². The molecule has 24 heavy (non-hydrogen) atoms. The monoisotopic (exact) mass is 317 g/mol. The van der Waals surface area contributed by atoms with Gasteiger partial charge in [-0.15, -0.1) is 0 Å². The molecule has 0 spiro atoms. The molecule has 3 aromatic carbocycles. The highest BCUT2D eigenvalue weighted by Gasteiger charge is 2.14. The summed E-state index contributed by atoms with van der Waals surface area (Å²) >= 11 is 0. The van der Waals surface area contributed by atoms with E-state index in [2.05, 4.69) is 0 Å². The zero-order valence-electron chi connectivity index (χ0n) is 12.4. The first-order chi connectivity index (χ1) is 11.6. The number of para-hydroxylation sites is 1.